The van der Waals surface area contributed by atoms with Gasteiger partial charge in [-0.05, 0) is 43.3 Å². The second-order valence-corrected chi connectivity index (χ2v) is 9.32. The predicted molar refractivity (Wildman–Crippen MR) is 120 cm³/mol. The molecule has 4 rings (SSSR count). The lowest BCUT2D eigenvalue weighted by atomic mass is 10.2. The van der Waals surface area contributed by atoms with Crippen LogP contribution >= 0.6 is 11.8 Å². The van der Waals surface area contributed by atoms with E-state index in [1.165, 1.54) is 30.3 Å². The zero-order valence-corrected chi connectivity index (χ0v) is 18.3. The number of nitrogens with one attached hydrogen (secondary N) is 3. The number of aromatic nitrogens is 3. The lowest BCUT2D eigenvalue weighted by Crippen LogP contribution is -2.16. The van der Waals surface area contributed by atoms with Gasteiger partial charge in [-0.2, -0.15) is 0 Å². The second-order valence-electron chi connectivity index (χ2n) is 6.68. The van der Waals surface area contributed by atoms with Crippen molar-refractivity contribution in [3.63, 3.8) is 0 Å². The fourth-order valence-corrected chi connectivity index (χ4v) is 4.44. The summed E-state index contributed by atoms with van der Waals surface area (Å²) < 4.78 is 32.0. The summed E-state index contributed by atoms with van der Waals surface area (Å²) in [4.78, 5) is 31.3. The molecule has 0 aliphatic heterocycles. The highest BCUT2D eigenvalue weighted by molar-refractivity contribution is 7.99. The first-order valence-electron chi connectivity index (χ1n) is 9.28. The Kier molecular flexibility index (Phi) is 5.97. The third-order valence-corrected chi connectivity index (χ3v) is 6.49. The van der Waals surface area contributed by atoms with Crippen molar-refractivity contribution in [1.82, 2.24) is 15.1 Å². The summed E-state index contributed by atoms with van der Waals surface area (Å²) in [5.41, 5.74) is 0.696. The van der Waals surface area contributed by atoms with Gasteiger partial charge in [0.1, 0.15) is 5.76 Å². The SMILES string of the molecule is Cc1cc(NS(=O)(=O)c2ccc(NC(=O)CSc3nc4ccccc4c(=O)[nH]3)cc2)no1. The van der Waals surface area contributed by atoms with Crippen molar-refractivity contribution < 1.29 is 17.7 Å². The number of anilines is 2. The average Bonchev–Trinajstić information content (AvgIpc) is 3.16. The number of benzene rings is 2. The molecule has 0 aliphatic rings. The molecule has 0 bridgehead atoms. The Morgan fingerprint density at radius 1 is 1.16 bits per heavy atom. The van der Waals surface area contributed by atoms with Gasteiger partial charge in [-0.25, -0.2) is 13.4 Å². The van der Waals surface area contributed by atoms with Crippen molar-refractivity contribution in [2.24, 2.45) is 0 Å². The van der Waals surface area contributed by atoms with Gasteiger partial charge in [-0.1, -0.05) is 29.1 Å². The van der Waals surface area contributed by atoms with E-state index in [1.807, 2.05) is 0 Å². The number of carbonyl (C=O) groups excluding carboxylic acids is 1. The van der Waals surface area contributed by atoms with Crippen molar-refractivity contribution in [1.29, 1.82) is 0 Å². The number of thioether (sulfide) groups is 1. The molecule has 4 aromatic rings. The fraction of sp³-hybridized carbons (Fsp3) is 0.100. The molecule has 0 radical (unpaired) electrons. The molecule has 0 aliphatic carbocycles. The number of fused-ring (bicyclic) bond motifs is 1. The van der Waals surface area contributed by atoms with E-state index in [4.69, 9.17) is 4.52 Å². The minimum Gasteiger partial charge on any atom is -0.360 e. The first-order valence-corrected chi connectivity index (χ1v) is 11.7. The summed E-state index contributed by atoms with van der Waals surface area (Å²) in [6.07, 6.45) is 0. The van der Waals surface area contributed by atoms with Crippen LogP contribution in [0.3, 0.4) is 0 Å². The van der Waals surface area contributed by atoms with Gasteiger partial charge in [-0.15, -0.1) is 0 Å². The number of hydrogen-bond acceptors (Lipinski definition) is 8. The summed E-state index contributed by atoms with van der Waals surface area (Å²) in [6, 6.07) is 14.1. The molecule has 0 saturated heterocycles. The summed E-state index contributed by atoms with van der Waals surface area (Å²) in [7, 11) is -3.84. The fourth-order valence-electron chi connectivity index (χ4n) is 2.79. The first kappa shape index (κ1) is 21.6. The Hall–Kier alpha value is -3.64. The van der Waals surface area contributed by atoms with Crippen LogP contribution in [0.5, 0.6) is 0 Å². The molecular formula is C20H17N5O5S2. The van der Waals surface area contributed by atoms with Gasteiger partial charge in [0.2, 0.25) is 5.91 Å². The van der Waals surface area contributed by atoms with Crippen LogP contribution in [0.15, 0.2) is 74.0 Å². The van der Waals surface area contributed by atoms with Gasteiger partial charge >= 0.3 is 0 Å². The van der Waals surface area contributed by atoms with Crippen LogP contribution in [0, 0.1) is 6.92 Å². The maximum absolute atomic E-state index is 12.4. The number of para-hydroxylation sites is 1. The molecule has 164 valence electrons. The molecule has 10 nitrogen and oxygen atoms in total. The molecule has 0 fully saturated rings. The van der Waals surface area contributed by atoms with E-state index in [9.17, 15) is 18.0 Å². The molecule has 0 atom stereocenters. The number of amides is 1. The van der Waals surface area contributed by atoms with Crippen molar-refractivity contribution in [2.45, 2.75) is 17.0 Å². The van der Waals surface area contributed by atoms with Crippen LogP contribution in [-0.4, -0.2) is 35.2 Å². The van der Waals surface area contributed by atoms with E-state index in [0.29, 0.717) is 27.5 Å². The third kappa shape index (κ3) is 4.98. The maximum Gasteiger partial charge on any atom is 0.263 e. The van der Waals surface area contributed by atoms with Gasteiger partial charge in [0.15, 0.2) is 11.0 Å². The highest BCUT2D eigenvalue weighted by Gasteiger charge is 2.16. The van der Waals surface area contributed by atoms with Crippen LogP contribution in [-0.2, 0) is 14.8 Å². The molecule has 0 unspecified atom stereocenters. The summed E-state index contributed by atoms with van der Waals surface area (Å²) in [5.74, 6) is 0.227. The number of aromatic amines is 1. The molecule has 2 aromatic carbocycles. The van der Waals surface area contributed by atoms with Gasteiger partial charge in [0.05, 0.1) is 21.6 Å². The normalized spacial score (nSPS) is 11.4. The number of H-pyrrole nitrogens is 1. The Bertz CT molecular complexity index is 1450. The minimum atomic E-state index is -3.84. The van der Waals surface area contributed by atoms with E-state index < -0.39 is 10.0 Å². The molecule has 1 amide bonds. The molecule has 32 heavy (non-hydrogen) atoms. The van der Waals surface area contributed by atoms with Crippen molar-refractivity contribution in [3.8, 4) is 0 Å². The first-order chi connectivity index (χ1) is 15.3. The average molecular weight is 472 g/mol. The Morgan fingerprint density at radius 2 is 1.91 bits per heavy atom. The summed E-state index contributed by atoms with van der Waals surface area (Å²) in [5, 5.41) is 7.08. The highest BCUT2D eigenvalue weighted by atomic mass is 32.2. The second kappa shape index (κ2) is 8.85. The smallest absolute Gasteiger partial charge is 0.263 e. The predicted octanol–water partition coefficient (Wildman–Crippen LogP) is 2.75. The van der Waals surface area contributed by atoms with Crippen molar-refractivity contribution >= 4 is 50.1 Å². The Balaban J connectivity index is 1.37. The topological polar surface area (TPSA) is 147 Å². The zero-order chi connectivity index (χ0) is 22.7. The van der Waals surface area contributed by atoms with Crippen LogP contribution in [0.4, 0.5) is 11.5 Å². The molecule has 0 spiro atoms. The van der Waals surface area contributed by atoms with Crippen LogP contribution < -0.4 is 15.6 Å². The number of nitrogens with zero attached hydrogens (tertiary/aromatic N) is 2. The van der Waals surface area contributed by atoms with Gasteiger partial charge in [0.25, 0.3) is 15.6 Å². The molecule has 12 heteroatoms. The zero-order valence-electron chi connectivity index (χ0n) is 16.7. The van der Waals surface area contributed by atoms with Crippen LogP contribution in [0.1, 0.15) is 5.76 Å². The van der Waals surface area contributed by atoms with E-state index in [1.54, 1.807) is 31.2 Å². The lowest BCUT2D eigenvalue weighted by Gasteiger charge is -2.08. The van der Waals surface area contributed by atoms with E-state index in [0.717, 1.165) is 11.8 Å². The maximum atomic E-state index is 12.4. The molecule has 2 aromatic heterocycles. The quantitative estimate of drug-likeness (QED) is 0.275. The third-order valence-electron chi connectivity index (χ3n) is 4.25. The van der Waals surface area contributed by atoms with E-state index in [-0.39, 0.29) is 27.9 Å². The standard InChI is InChI=1S/C20H17N5O5S2/c1-12-10-17(24-30-12)25-32(28,29)14-8-6-13(7-9-14)21-18(26)11-31-20-22-16-5-3-2-4-15(16)19(27)23-20/h2-10H,11H2,1H3,(H,21,26)(H,24,25)(H,22,23,27). The highest BCUT2D eigenvalue weighted by Crippen LogP contribution is 2.19. The molecule has 2 heterocycles. The van der Waals surface area contributed by atoms with Gasteiger partial charge < -0.3 is 14.8 Å². The largest absolute Gasteiger partial charge is 0.360 e. The summed E-state index contributed by atoms with van der Waals surface area (Å²) >= 11 is 1.09. The van der Waals surface area contributed by atoms with Crippen molar-refractivity contribution in [2.75, 3.05) is 15.8 Å². The number of aryl methyl sites for hydroxylation is 1. The molecular weight excluding hydrogens is 454 g/mol. The lowest BCUT2D eigenvalue weighted by molar-refractivity contribution is -0.113. The molecule has 3 N–H and O–H groups in total. The number of hydrogen-bond donors (Lipinski definition) is 3. The Labute approximate surface area is 186 Å². The van der Waals surface area contributed by atoms with Crippen molar-refractivity contribution in [3.05, 3.63) is 70.7 Å². The monoisotopic (exact) mass is 471 g/mol. The summed E-state index contributed by atoms with van der Waals surface area (Å²) in [6.45, 7) is 1.65. The Morgan fingerprint density at radius 3 is 2.62 bits per heavy atom. The van der Waals surface area contributed by atoms with Crippen LogP contribution in [0.2, 0.25) is 0 Å². The molecule has 0 saturated carbocycles. The van der Waals surface area contributed by atoms with Gasteiger partial charge in [-0.3, -0.25) is 14.3 Å². The van der Waals surface area contributed by atoms with Gasteiger partial charge in [0, 0.05) is 11.8 Å². The number of rotatable bonds is 7. The number of sulfonamides is 1. The number of carbonyl (C=O) groups is 1. The van der Waals surface area contributed by atoms with Crippen LogP contribution in [0.25, 0.3) is 10.9 Å². The van der Waals surface area contributed by atoms with E-state index in [2.05, 4.69) is 25.2 Å². The van der Waals surface area contributed by atoms with E-state index >= 15 is 0 Å². The minimum absolute atomic E-state index is 0.00321.